The summed E-state index contributed by atoms with van der Waals surface area (Å²) in [5.74, 6) is -1.04. The Morgan fingerprint density at radius 2 is 1.15 bits per heavy atom. The average molecular weight is 512 g/mol. The minimum Gasteiger partial charge on any atom is -0.368 e. The van der Waals surface area contributed by atoms with Crippen LogP contribution in [-0.4, -0.2) is 21.7 Å². The molecule has 0 spiro atoms. The van der Waals surface area contributed by atoms with Crippen LogP contribution in [0.25, 0.3) is 9.40 Å². The van der Waals surface area contributed by atoms with Gasteiger partial charge in [-0.1, -0.05) is 24.3 Å². The molecule has 0 fully saturated rings. The summed E-state index contributed by atoms with van der Waals surface area (Å²) in [5.41, 5.74) is 0.944. The second kappa shape index (κ2) is 14.0. The first-order chi connectivity index (χ1) is 16.3. The van der Waals surface area contributed by atoms with E-state index < -0.39 is 11.7 Å². The van der Waals surface area contributed by atoms with E-state index in [0.717, 1.165) is 0 Å². The van der Waals surface area contributed by atoms with Gasteiger partial charge in [0.25, 0.3) is 11.7 Å². The first kappa shape index (κ1) is 24.4. The minimum absolute atomic E-state index is 0.366. The van der Waals surface area contributed by atoms with Gasteiger partial charge >= 0.3 is 0 Å². The molecule has 0 bridgehead atoms. The zero-order valence-corrected chi connectivity index (χ0v) is 20.6. The lowest BCUT2D eigenvalue weighted by molar-refractivity contribution is -0.112. The predicted octanol–water partition coefficient (Wildman–Crippen LogP) is 7.62. The molecule has 9 heteroatoms. The van der Waals surface area contributed by atoms with Crippen LogP contribution in [0.15, 0.2) is 105 Å². The Morgan fingerprint density at radius 3 is 1.55 bits per heavy atom. The van der Waals surface area contributed by atoms with Crippen LogP contribution in [0.2, 0.25) is 0 Å². The summed E-state index contributed by atoms with van der Waals surface area (Å²) in [4.78, 5) is 27.0. The molecule has 0 aliphatic carbocycles. The van der Waals surface area contributed by atoms with E-state index in [1.807, 2.05) is 70.3 Å². The van der Waals surface area contributed by atoms with Gasteiger partial charge in [0.15, 0.2) is 0 Å². The van der Waals surface area contributed by atoms with Gasteiger partial charge in [-0.25, -0.2) is 0 Å². The number of carbonyl (C=O) groups is 2. The predicted molar refractivity (Wildman–Crippen MR) is 143 cm³/mol. The van der Waals surface area contributed by atoms with Crippen LogP contribution in [0.5, 0.6) is 0 Å². The standard InChI is InChI=1S/C6H4N2O2.C6H4S2.C4H5N.2C4H4S/c9-5-4-3(1-2-7-4)8-6(5)10;1-3-7-6-2-4-8-5(1)6;3*1-2-4-5-3-1/h1-2,7H,(H,8,9,10);1-4H;1-5H;2*1-4H. The van der Waals surface area contributed by atoms with E-state index in [4.69, 9.17) is 0 Å². The Kier molecular flexibility index (Phi) is 10.4. The highest BCUT2D eigenvalue weighted by atomic mass is 32.1. The number of fused-ring (bicyclic) bond motifs is 2. The van der Waals surface area contributed by atoms with Crippen molar-refractivity contribution in [1.82, 2.24) is 9.97 Å². The van der Waals surface area contributed by atoms with Gasteiger partial charge in [-0.3, -0.25) is 9.59 Å². The van der Waals surface area contributed by atoms with Crippen molar-refractivity contribution >= 4 is 72.1 Å². The molecule has 7 heterocycles. The number of anilines is 1. The summed E-state index contributed by atoms with van der Waals surface area (Å²) in [5, 5.41) is 14.8. The molecule has 0 radical (unpaired) electrons. The normalized spacial score (nSPS) is 10.8. The molecular weight excluding hydrogens is 491 g/mol. The molecule has 3 N–H and O–H groups in total. The zero-order chi connectivity index (χ0) is 23.1. The maximum Gasteiger partial charge on any atom is 0.298 e. The fourth-order valence-corrected chi connectivity index (χ4v) is 5.11. The molecule has 168 valence electrons. The van der Waals surface area contributed by atoms with Crippen molar-refractivity contribution in [2.45, 2.75) is 0 Å². The molecule has 1 amide bonds. The van der Waals surface area contributed by atoms with E-state index >= 15 is 0 Å². The fraction of sp³-hybridized carbons (Fsp3) is 0. The maximum absolute atomic E-state index is 10.8. The van der Waals surface area contributed by atoms with E-state index in [0.29, 0.717) is 11.4 Å². The third kappa shape index (κ3) is 8.32. The van der Waals surface area contributed by atoms with Crippen LogP contribution in [0.3, 0.4) is 0 Å². The number of Topliss-reactive ketones (excluding diaryl/α,β-unsaturated/α-hetero) is 1. The van der Waals surface area contributed by atoms with Crippen molar-refractivity contribution in [1.29, 1.82) is 0 Å². The van der Waals surface area contributed by atoms with E-state index in [1.54, 1.807) is 57.6 Å². The largest absolute Gasteiger partial charge is 0.368 e. The molecule has 7 rings (SSSR count). The maximum atomic E-state index is 10.8. The third-order valence-electron chi connectivity index (χ3n) is 3.85. The van der Waals surface area contributed by atoms with Gasteiger partial charge in [0.1, 0.15) is 5.69 Å². The number of amides is 1. The number of ketones is 1. The van der Waals surface area contributed by atoms with E-state index in [-0.39, 0.29) is 0 Å². The Balaban J connectivity index is 0.000000120. The summed E-state index contributed by atoms with van der Waals surface area (Å²) in [7, 11) is 0. The molecular formula is C24H21N3O2S4. The Bertz CT molecular complexity index is 1120. The molecule has 1 aliphatic heterocycles. The molecule has 0 saturated carbocycles. The summed E-state index contributed by atoms with van der Waals surface area (Å²) >= 11 is 7.03. The van der Waals surface area contributed by atoms with Gasteiger partial charge in [-0.15, -0.1) is 22.7 Å². The van der Waals surface area contributed by atoms with Gasteiger partial charge in [0, 0.05) is 28.0 Å². The highest BCUT2D eigenvalue weighted by Gasteiger charge is 2.28. The summed E-state index contributed by atoms with van der Waals surface area (Å²) in [6, 6.07) is 17.9. The molecule has 0 unspecified atom stereocenters. The number of hydrogen-bond acceptors (Lipinski definition) is 6. The van der Waals surface area contributed by atoms with Crippen LogP contribution in [0.4, 0.5) is 5.69 Å². The van der Waals surface area contributed by atoms with Crippen molar-refractivity contribution in [3.8, 4) is 0 Å². The number of carbonyl (C=O) groups excluding carboxylic acids is 2. The summed E-state index contributed by atoms with van der Waals surface area (Å²) < 4.78 is 2.82. The molecule has 6 aromatic rings. The Morgan fingerprint density at radius 1 is 0.606 bits per heavy atom. The number of aromatic amines is 2. The van der Waals surface area contributed by atoms with Gasteiger partial charge in [-0.05, 0) is 62.6 Å². The molecule has 33 heavy (non-hydrogen) atoms. The monoisotopic (exact) mass is 511 g/mol. The molecule has 0 aromatic carbocycles. The lowest BCUT2D eigenvalue weighted by Gasteiger charge is -1.83. The number of thiophene rings is 4. The topological polar surface area (TPSA) is 77.8 Å². The van der Waals surface area contributed by atoms with E-state index in [1.165, 1.54) is 9.40 Å². The lowest BCUT2D eigenvalue weighted by atomic mass is 10.3. The van der Waals surface area contributed by atoms with Gasteiger partial charge < -0.3 is 15.3 Å². The molecule has 5 nitrogen and oxygen atoms in total. The highest BCUT2D eigenvalue weighted by molar-refractivity contribution is 7.25. The fourth-order valence-electron chi connectivity index (χ4n) is 2.38. The number of rotatable bonds is 0. The Hall–Kier alpha value is -3.24. The van der Waals surface area contributed by atoms with Crippen molar-refractivity contribution in [2.24, 2.45) is 0 Å². The molecule has 6 aromatic heterocycles. The number of H-pyrrole nitrogens is 2. The first-order valence-electron chi connectivity index (χ1n) is 9.71. The smallest absolute Gasteiger partial charge is 0.298 e. The Labute approximate surface area is 207 Å². The molecule has 1 aliphatic rings. The number of aromatic nitrogens is 2. The van der Waals surface area contributed by atoms with E-state index in [2.05, 4.69) is 38.2 Å². The van der Waals surface area contributed by atoms with Crippen molar-refractivity contribution in [3.05, 3.63) is 111 Å². The van der Waals surface area contributed by atoms with Crippen molar-refractivity contribution < 1.29 is 9.59 Å². The molecule has 0 atom stereocenters. The zero-order valence-electron chi connectivity index (χ0n) is 17.3. The summed E-state index contributed by atoms with van der Waals surface area (Å²) in [6.45, 7) is 0. The number of nitrogens with one attached hydrogen (secondary N) is 3. The van der Waals surface area contributed by atoms with Gasteiger partial charge in [0.2, 0.25) is 0 Å². The quantitative estimate of drug-likeness (QED) is 0.183. The average Bonchev–Trinajstić information content (AvgIpc) is 3.66. The van der Waals surface area contributed by atoms with Crippen molar-refractivity contribution in [2.75, 3.05) is 5.32 Å². The highest BCUT2D eigenvalue weighted by Crippen LogP contribution is 2.25. The number of hydrogen-bond donors (Lipinski definition) is 3. The van der Waals surface area contributed by atoms with Crippen LogP contribution < -0.4 is 5.32 Å². The minimum atomic E-state index is -0.554. The van der Waals surface area contributed by atoms with Crippen LogP contribution in [-0.2, 0) is 4.79 Å². The van der Waals surface area contributed by atoms with Crippen LogP contribution in [0, 0.1) is 0 Å². The van der Waals surface area contributed by atoms with Crippen molar-refractivity contribution in [3.63, 3.8) is 0 Å². The summed E-state index contributed by atoms with van der Waals surface area (Å²) in [6.07, 6.45) is 5.36. The first-order valence-corrected chi connectivity index (χ1v) is 13.4. The second-order valence-electron chi connectivity index (χ2n) is 6.09. The third-order valence-corrected chi connectivity index (χ3v) is 7.00. The molecule has 0 saturated heterocycles. The van der Waals surface area contributed by atoms with Crippen LogP contribution in [0.1, 0.15) is 10.5 Å². The van der Waals surface area contributed by atoms with E-state index in [9.17, 15) is 9.59 Å². The van der Waals surface area contributed by atoms with Crippen LogP contribution >= 0.6 is 45.3 Å². The van der Waals surface area contributed by atoms with Gasteiger partial charge in [0.05, 0.1) is 5.69 Å². The SMILES string of the molecule is O=C1Nc2cc[nH]c2C1=O.c1cc2sccc2s1.c1cc[nH]c1.c1ccsc1.c1ccsc1. The lowest BCUT2D eigenvalue weighted by Crippen LogP contribution is -2.13. The second-order valence-corrected chi connectivity index (χ2v) is 9.62. The van der Waals surface area contributed by atoms with Gasteiger partial charge in [-0.2, -0.15) is 22.7 Å².